The van der Waals surface area contributed by atoms with E-state index in [0.717, 1.165) is 51.2 Å². The van der Waals surface area contributed by atoms with Gasteiger partial charge in [-0.15, -0.1) is 0 Å². The summed E-state index contributed by atoms with van der Waals surface area (Å²) in [4.78, 5) is 16.2. The van der Waals surface area contributed by atoms with Crippen molar-refractivity contribution in [1.82, 2.24) is 9.80 Å². The average Bonchev–Trinajstić information content (AvgIpc) is 2.29. The zero-order valence-electron chi connectivity index (χ0n) is 10.8. The Labute approximate surface area is 104 Å². The molecule has 0 aromatic heterocycles. The Bertz CT molecular complexity index is 262. The highest BCUT2D eigenvalue weighted by Gasteiger charge is 2.24. The smallest absolute Gasteiger partial charge is 0.236 e. The summed E-state index contributed by atoms with van der Waals surface area (Å²) in [7, 11) is 0. The molecule has 2 aliphatic heterocycles. The third-order valence-corrected chi connectivity index (χ3v) is 3.98. The van der Waals surface area contributed by atoms with E-state index in [0.29, 0.717) is 13.1 Å². The number of carbonyl (C=O) groups is 1. The number of hydrogen-bond donors (Lipinski definition) is 1. The molecule has 1 unspecified atom stereocenters. The van der Waals surface area contributed by atoms with E-state index >= 15 is 0 Å². The van der Waals surface area contributed by atoms with E-state index in [-0.39, 0.29) is 12.0 Å². The molecule has 0 saturated carbocycles. The molecule has 4 nitrogen and oxygen atoms in total. The quantitative estimate of drug-likeness (QED) is 0.773. The second-order valence-electron chi connectivity index (χ2n) is 5.59. The van der Waals surface area contributed by atoms with E-state index in [2.05, 4.69) is 11.8 Å². The second-order valence-corrected chi connectivity index (χ2v) is 5.59. The van der Waals surface area contributed by atoms with Crippen molar-refractivity contribution in [2.45, 2.75) is 38.7 Å². The van der Waals surface area contributed by atoms with Crippen molar-refractivity contribution < 1.29 is 9.90 Å². The molecule has 0 aromatic carbocycles. The van der Waals surface area contributed by atoms with Crippen molar-refractivity contribution in [2.75, 3.05) is 32.7 Å². The highest BCUT2D eigenvalue weighted by atomic mass is 16.3. The third-order valence-electron chi connectivity index (χ3n) is 3.98. The van der Waals surface area contributed by atoms with Gasteiger partial charge in [0.15, 0.2) is 0 Å². The van der Waals surface area contributed by atoms with Crippen molar-refractivity contribution >= 4 is 5.91 Å². The lowest BCUT2D eigenvalue weighted by molar-refractivity contribution is -0.134. The molecule has 2 aliphatic rings. The maximum atomic E-state index is 12.1. The predicted molar refractivity (Wildman–Crippen MR) is 66.7 cm³/mol. The Kier molecular flexibility index (Phi) is 4.40. The number of nitrogens with zero attached hydrogens (tertiary/aromatic N) is 2. The van der Waals surface area contributed by atoms with Crippen LogP contribution in [0.15, 0.2) is 0 Å². The van der Waals surface area contributed by atoms with Crippen molar-refractivity contribution in [2.24, 2.45) is 5.92 Å². The van der Waals surface area contributed by atoms with Gasteiger partial charge in [-0.25, -0.2) is 0 Å². The van der Waals surface area contributed by atoms with Crippen LogP contribution in [0.5, 0.6) is 0 Å². The Morgan fingerprint density at radius 2 is 1.94 bits per heavy atom. The standard InChI is InChI=1S/C13H24N2O2/c1-11-4-7-15(8-5-11)13(17)10-14-6-2-3-12(16)9-14/h11-12,16H,2-10H2,1H3. The van der Waals surface area contributed by atoms with Gasteiger partial charge in [-0.05, 0) is 38.1 Å². The molecule has 2 fully saturated rings. The maximum absolute atomic E-state index is 12.1. The van der Waals surface area contributed by atoms with E-state index in [1.54, 1.807) is 0 Å². The van der Waals surface area contributed by atoms with Gasteiger partial charge in [0.25, 0.3) is 0 Å². The van der Waals surface area contributed by atoms with Crippen LogP contribution in [-0.2, 0) is 4.79 Å². The Hall–Kier alpha value is -0.610. The molecule has 2 heterocycles. The molecular formula is C13H24N2O2. The summed E-state index contributed by atoms with van der Waals surface area (Å²) in [5.74, 6) is 1.00. The summed E-state index contributed by atoms with van der Waals surface area (Å²) in [6, 6.07) is 0. The molecule has 0 aliphatic carbocycles. The average molecular weight is 240 g/mol. The summed E-state index contributed by atoms with van der Waals surface area (Å²) < 4.78 is 0. The van der Waals surface area contributed by atoms with Gasteiger partial charge in [-0.2, -0.15) is 0 Å². The van der Waals surface area contributed by atoms with Crippen molar-refractivity contribution in [1.29, 1.82) is 0 Å². The fourth-order valence-electron chi connectivity index (χ4n) is 2.72. The topological polar surface area (TPSA) is 43.8 Å². The van der Waals surface area contributed by atoms with Crippen LogP contribution in [0.3, 0.4) is 0 Å². The van der Waals surface area contributed by atoms with E-state index in [1.165, 1.54) is 0 Å². The van der Waals surface area contributed by atoms with Crippen LogP contribution in [-0.4, -0.2) is 59.6 Å². The van der Waals surface area contributed by atoms with Crippen LogP contribution in [0.1, 0.15) is 32.6 Å². The van der Waals surface area contributed by atoms with Crippen molar-refractivity contribution in [3.8, 4) is 0 Å². The van der Waals surface area contributed by atoms with Crippen LogP contribution >= 0.6 is 0 Å². The maximum Gasteiger partial charge on any atom is 0.236 e. The van der Waals surface area contributed by atoms with Crippen LogP contribution in [0.25, 0.3) is 0 Å². The minimum absolute atomic E-state index is 0.238. The van der Waals surface area contributed by atoms with Crippen molar-refractivity contribution in [3.63, 3.8) is 0 Å². The zero-order valence-corrected chi connectivity index (χ0v) is 10.8. The minimum atomic E-state index is -0.238. The van der Waals surface area contributed by atoms with Gasteiger partial charge in [0.1, 0.15) is 0 Å². The monoisotopic (exact) mass is 240 g/mol. The lowest BCUT2D eigenvalue weighted by Gasteiger charge is -2.34. The fourth-order valence-corrected chi connectivity index (χ4v) is 2.72. The van der Waals surface area contributed by atoms with Gasteiger partial charge in [-0.3, -0.25) is 9.69 Å². The van der Waals surface area contributed by atoms with Crippen LogP contribution in [0.2, 0.25) is 0 Å². The lowest BCUT2D eigenvalue weighted by Crippen LogP contribution is -2.47. The zero-order chi connectivity index (χ0) is 12.3. The van der Waals surface area contributed by atoms with E-state index < -0.39 is 0 Å². The molecular weight excluding hydrogens is 216 g/mol. The molecule has 1 N–H and O–H groups in total. The first-order valence-corrected chi connectivity index (χ1v) is 6.83. The molecule has 4 heteroatoms. The van der Waals surface area contributed by atoms with Gasteiger partial charge in [0, 0.05) is 19.6 Å². The molecule has 2 rings (SSSR count). The summed E-state index contributed by atoms with van der Waals surface area (Å²) in [5.41, 5.74) is 0. The highest BCUT2D eigenvalue weighted by molar-refractivity contribution is 5.78. The molecule has 98 valence electrons. The van der Waals surface area contributed by atoms with Crippen LogP contribution in [0, 0.1) is 5.92 Å². The van der Waals surface area contributed by atoms with E-state index in [9.17, 15) is 9.90 Å². The number of rotatable bonds is 2. The fraction of sp³-hybridized carbons (Fsp3) is 0.923. The number of carbonyl (C=O) groups excluding carboxylic acids is 1. The Balaban J connectivity index is 1.76. The second kappa shape index (κ2) is 5.83. The number of piperidine rings is 2. The normalized spacial score (nSPS) is 28.4. The molecule has 17 heavy (non-hydrogen) atoms. The molecule has 0 bridgehead atoms. The first-order valence-electron chi connectivity index (χ1n) is 6.83. The van der Waals surface area contributed by atoms with Gasteiger partial charge >= 0.3 is 0 Å². The van der Waals surface area contributed by atoms with E-state index in [4.69, 9.17) is 0 Å². The summed E-state index contributed by atoms with van der Waals surface area (Å²) in [6.45, 7) is 6.18. The molecule has 0 aromatic rings. The summed E-state index contributed by atoms with van der Waals surface area (Å²) in [6.07, 6.45) is 3.91. The molecule has 0 spiro atoms. The molecule has 2 saturated heterocycles. The van der Waals surface area contributed by atoms with Gasteiger partial charge < -0.3 is 10.0 Å². The van der Waals surface area contributed by atoms with Gasteiger partial charge in [-0.1, -0.05) is 6.92 Å². The summed E-state index contributed by atoms with van der Waals surface area (Å²) >= 11 is 0. The number of β-amino-alcohol motifs (C(OH)–C–C–N with tert-alkyl or cyclic N) is 1. The van der Waals surface area contributed by atoms with E-state index in [1.807, 2.05) is 4.90 Å². The number of amides is 1. The highest BCUT2D eigenvalue weighted by Crippen LogP contribution is 2.17. The van der Waals surface area contributed by atoms with Crippen LogP contribution in [0.4, 0.5) is 0 Å². The van der Waals surface area contributed by atoms with Crippen molar-refractivity contribution in [3.05, 3.63) is 0 Å². The number of aliphatic hydroxyl groups is 1. The SMILES string of the molecule is CC1CCN(C(=O)CN2CCCC(O)C2)CC1. The van der Waals surface area contributed by atoms with Crippen LogP contribution < -0.4 is 0 Å². The Morgan fingerprint density at radius 1 is 1.24 bits per heavy atom. The first kappa shape index (κ1) is 12.8. The largest absolute Gasteiger partial charge is 0.392 e. The predicted octanol–water partition coefficient (Wildman–Crippen LogP) is 0.702. The number of hydrogen-bond acceptors (Lipinski definition) is 3. The van der Waals surface area contributed by atoms with Gasteiger partial charge in [0.2, 0.25) is 5.91 Å². The minimum Gasteiger partial charge on any atom is -0.392 e. The lowest BCUT2D eigenvalue weighted by atomic mass is 9.99. The number of likely N-dealkylation sites (tertiary alicyclic amines) is 2. The first-order chi connectivity index (χ1) is 8.15. The molecule has 0 radical (unpaired) electrons. The molecule has 1 amide bonds. The summed E-state index contributed by atoms with van der Waals surface area (Å²) in [5, 5.41) is 9.57. The number of aliphatic hydroxyl groups excluding tert-OH is 1. The Morgan fingerprint density at radius 3 is 2.59 bits per heavy atom. The molecule has 1 atom stereocenters. The third kappa shape index (κ3) is 3.68. The van der Waals surface area contributed by atoms with Gasteiger partial charge in [0.05, 0.1) is 12.6 Å².